The average molecular weight is 280 g/mol. The van der Waals surface area contributed by atoms with Crippen LogP contribution in [0.3, 0.4) is 0 Å². The van der Waals surface area contributed by atoms with Gasteiger partial charge >= 0.3 is 0 Å². The highest BCUT2D eigenvalue weighted by Crippen LogP contribution is 2.40. The lowest BCUT2D eigenvalue weighted by atomic mass is 9.69. The minimum atomic E-state index is -0.246. The number of carbonyl (C=O) groups excluding carboxylic acids is 1. The molecule has 116 valence electrons. The second kappa shape index (κ2) is 6.93. The Kier molecular flexibility index (Phi) is 5.48. The Labute approximate surface area is 124 Å². The van der Waals surface area contributed by atoms with Crippen molar-refractivity contribution in [2.24, 2.45) is 17.1 Å². The molecule has 3 heteroatoms. The van der Waals surface area contributed by atoms with E-state index in [2.05, 4.69) is 18.7 Å². The Morgan fingerprint density at radius 3 is 2.50 bits per heavy atom. The van der Waals surface area contributed by atoms with E-state index < -0.39 is 0 Å². The zero-order chi connectivity index (χ0) is 14.6. The molecule has 3 nitrogen and oxygen atoms in total. The van der Waals surface area contributed by atoms with Crippen LogP contribution in [0, 0.1) is 11.3 Å². The second-order valence-electron chi connectivity index (χ2n) is 7.08. The van der Waals surface area contributed by atoms with Gasteiger partial charge in [-0.1, -0.05) is 26.7 Å². The summed E-state index contributed by atoms with van der Waals surface area (Å²) in [5.41, 5.74) is 5.82. The number of amides is 1. The van der Waals surface area contributed by atoms with E-state index in [9.17, 15) is 4.79 Å². The topological polar surface area (TPSA) is 46.3 Å². The van der Waals surface area contributed by atoms with Gasteiger partial charge in [0.25, 0.3) is 0 Å². The molecule has 0 bridgehead atoms. The Hall–Kier alpha value is -0.570. The summed E-state index contributed by atoms with van der Waals surface area (Å²) in [6, 6.07) is 0.452. The predicted molar refractivity (Wildman–Crippen MR) is 83.4 cm³/mol. The molecule has 2 N–H and O–H groups in total. The molecule has 1 heterocycles. The van der Waals surface area contributed by atoms with Crippen LogP contribution in [0.1, 0.15) is 71.6 Å². The highest BCUT2D eigenvalue weighted by molar-refractivity contribution is 5.83. The van der Waals surface area contributed by atoms with Gasteiger partial charge in [0.1, 0.15) is 0 Å². The molecule has 1 aliphatic carbocycles. The molecular formula is C17H32N2O. The van der Waals surface area contributed by atoms with Crippen molar-refractivity contribution in [2.45, 2.75) is 77.7 Å². The van der Waals surface area contributed by atoms with E-state index in [4.69, 9.17) is 5.73 Å². The van der Waals surface area contributed by atoms with Crippen molar-refractivity contribution in [3.63, 3.8) is 0 Å². The van der Waals surface area contributed by atoms with Gasteiger partial charge in [0.2, 0.25) is 5.91 Å². The van der Waals surface area contributed by atoms with Gasteiger partial charge in [0, 0.05) is 19.1 Å². The molecule has 0 spiro atoms. The predicted octanol–water partition coefficient (Wildman–Crippen LogP) is 3.32. The van der Waals surface area contributed by atoms with Gasteiger partial charge in [0.05, 0.1) is 5.41 Å². The molecule has 0 aromatic rings. The summed E-state index contributed by atoms with van der Waals surface area (Å²) < 4.78 is 0. The van der Waals surface area contributed by atoms with E-state index in [0.717, 1.165) is 44.6 Å². The van der Waals surface area contributed by atoms with Crippen molar-refractivity contribution >= 4 is 5.91 Å². The van der Waals surface area contributed by atoms with Crippen LogP contribution in [0.5, 0.6) is 0 Å². The zero-order valence-corrected chi connectivity index (χ0v) is 13.4. The van der Waals surface area contributed by atoms with Crippen LogP contribution < -0.4 is 5.73 Å². The van der Waals surface area contributed by atoms with Gasteiger partial charge in [-0.3, -0.25) is 4.79 Å². The van der Waals surface area contributed by atoms with Crippen LogP contribution in [-0.4, -0.2) is 29.9 Å². The number of nitrogens with zero attached hydrogens (tertiary/aromatic N) is 1. The largest absolute Gasteiger partial charge is 0.339 e. The van der Waals surface area contributed by atoms with Crippen molar-refractivity contribution < 1.29 is 4.79 Å². The van der Waals surface area contributed by atoms with E-state index in [-0.39, 0.29) is 5.41 Å². The third kappa shape index (κ3) is 3.19. The normalized spacial score (nSPS) is 35.6. The zero-order valence-electron chi connectivity index (χ0n) is 13.4. The summed E-state index contributed by atoms with van der Waals surface area (Å²) >= 11 is 0. The molecule has 1 atom stereocenters. The van der Waals surface area contributed by atoms with Crippen molar-refractivity contribution in [1.29, 1.82) is 0 Å². The van der Waals surface area contributed by atoms with Crippen LogP contribution in [-0.2, 0) is 4.79 Å². The molecule has 1 aliphatic heterocycles. The van der Waals surface area contributed by atoms with Gasteiger partial charge in [-0.15, -0.1) is 0 Å². The lowest BCUT2D eigenvalue weighted by Gasteiger charge is -2.42. The van der Waals surface area contributed by atoms with E-state index >= 15 is 0 Å². The van der Waals surface area contributed by atoms with Gasteiger partial charge in [-0.05, 0) is 50.9 Å². The third-order valence-corrected chi connectivity index (χ3v) is 5.69. The van der Waals surface area contributed by atoms with Crippen molar-refractivity contribution in [3.05, 3.63) is 0 Å². The molecule has 1 amide bonds. The minimum Gasteiger partial charge on any atom is -0.339 e. The lowest BCUT2D eigenvalue weighted by molar-refractivity contribution is -0.146. The monoisotopic (exact) mass is 280 g/mol. The van der Waals surface area contributed by atoms with E-state index in [1.54, 1.807) is 0 Å². The Morgan fingerprint density at radius 2 is 1.90 bits per heavy atom. The van der Waals surface area contributed by atoms with Gasteiger partial charge in [-0.2, -0.15) is 0 Å². The highest BCUT2D eigenvalue weighted by atomic mass is 16.2. The smallest absolute Gasteiger partial charge is 0.230 e. The molecule has 1 saturated heterocycles. The van der Waals surface area contributed by atoms with Gasteiger partial charge in [-0.25, -0.2) is 0 Å². The quantitative estimate of drug-likeness (QED) is 0.862. The maximum atomic E-state index is 13.2. The highest BCUT2D eigenvalue weighted by Gasteiger charge is 2.43. The summed E-state index contributed by atoms with van der Waals surface area (Å²) in [5, 5.41) is 0. The van der Waals surface area contributed by atoms with E-state index in [1.165, 1.54) is 25.7 Å². The number of hydrogen-bond donors (Lipinski definition) is 1. The molecule has 0 radical (unpaired) electrons. The SMILES string of the molecule is CCC1CCCCCN1C(=O)C1(CN)CCC(C)CC1. The standard InChI is InChI=1S/C17H32N2O/c1-3-15-7-5-4-6-12-19(15)16(20)17(13-18)10-8-14(2)9-11-17/h14-15H,3-13,18H2,1-2H3. The first-order chi connectivity index (χ1) is 9.63. The Balaban J connectivity index is 2.13. The Morgan fingerprint density at radius 1 is 1.20 bits per heavy atom. The number of likely N-dealkylation sites (tertiary alicyclic amines) is 1. The summed E-state index contributed by atoms with van der Waals surface area (Å²) in [6.45, 7) is 6.00. The number of rotatable bonds is 3. The maximum absolute atomic E-state index is 13.2. The molecule has 20 heavy (non-hydrogen) atoms. The summed E-state index contributed by atoms with van der Waals surface area (Å²) in [5.74, 6) is 1.13. The van der Waals surface area contributed by atoms with Crippen molar-refractivity contribution in [2.75, 3.05) is 13.1 Å². The molecule has 1 saturated carbocycles. The Bertz CT molecular complexity index is 321. The first-order valence-electron chi connectivity index (χ1n) is 8.64. The van der Waals surface area contributed by atoms with Crippen LogP contribution in [0.25, 0.3) is 0 Å². The van der Waals surface area contributed by atoms with Gasteiger partial charge in [0.15, 0.2) is 0 Å². The maximum Gasteiger partial charge on any atom is 0.230 e. The third-order valence-electron chi connectivity index (χ3n) is 5.69. The molecule has 2 fully saturated rings. The molecular weight excluding hydrogens is 248 g/mol. The average Bonchev–Trinajstić information content (AvgIpc) is 2.72. The van der Waals surface area contributed by atoms with Crippen LogP contribution in [0.2, 0.25) is 0 Å². The molecule has 0 aromatic carbocycles. The van der Waals surface area contributed by atoms with Gasteiger partial charge < -0.3 is 10.6 Å². The fourth-order valence-electron chi connectivity index (χ4n) is 3.99. The van der Waals surface area contributed by atoms with Crippen LogP contribution in [0.4, 0.5) is 0 Å². The summed E-state index contributed by atoms with van der Waals surface area (Å²) in [6.07, 6.45) is 10.3. The number of hydrogen-bond acceptors (Lipinski definition) is 2. The molecule has 2 rings (SSSR count). The fourth-order valence-corrected chi connectivity index (χ4v) is 3.99. The summed E-state index contributed by atoms with van der Waals surface area (Å²) in [7, 11) is 0. The minimum absolute atomic E-state index is 0.246. The first kappa shape index (κ1) is 15.8. The van der Waals surface area contributed by atoms with Crippen molar-refractivity contribution in [1.82, 2.24) is 4.90 Å². The molecule has 1 unspecified atom stereocenters. The van der Waals surface area contributed by atoms with E-state index in [1.807, 2.05) is 0 Å². The molecule has 2 aliphatic rings. The first-order valence-corrected chi connectivity index (χ1v) is 8.64. The fraction of sp³-hybridized carbons (Fsp3) is 0.941. The number of carbonyl (C=O) groups is 1. The van der Waals surface area contributed by atoms with Crippen molar-refractivity contribution in [3.8, 4) is 0 Å². The second-order valence-corrected chi connectivity index (χ2v) is 7.08. The lowest BCUT2D eigenvalue weighted by Crippen LogP contribution is -2.52. The summed E-state index contributed by atoms with van der Waals surface area (Å²) in [4.78, 5) is 15.4. The van der Waals surface area contributed by atoms with E-state index in [0.29, 0.717) is 18.5 Å². The van der Waals surface area contributed by atoms with Crippen LogP contribution in [0.15, 0.2) is 0 Å². The molecule has 0 aromatic heterocycles. The number of nitrogens with two attached hydrogens (primary N) is 1. The van der Waals surface area contributed by atoms with Crippen LogP contribution >= 0.6 is 0 Å².